The van der Waals surface area contributed by atoms with Crippen LogP contribution in [-0.4, -0.2) is 18.5 Å². The van der Waals surface area contributed by atoms with E-state index in [0.717, 1.165) is 53.7 Å². The van der Waals surface area contributed by atoms with E-state index in [1.807, 2.05) is 12.1 Å². The van der Waals surface area contributed by atoms with Gasteiger partial charge in [-0.3, -0.25) is 0 Å². The van der Waals surface area contributed by atoms with E-state index >= 15 is 0 Å². The summed E-state index contributed by atoms with van der Waals surface area (Å²) in [6.07, 6.45) is 2.01. The number of benzene rings is 2. The van der Waals surface area contributed by atoms with Crippen LogP contribution in [0.4, 0.5) is 0 Å². The first kappa shape index (κ1) is 15.2. The van der Waals surface area contributed by atoms with Crippen molar-refractivity contribution >= 4 is 26.7 Å². The molecule has 20 heavy (non-hydrogen) atoms. The second-order valence-electron chi connectivity index (χ2n) is 4.85. The molecule has 108 valence electrons. The molecule has 0 unspecified atom stereocenters. The van der Waals surface area contributed by atoms with Crippen molar-refractivity contribution in [2.24, 2.45) is 0 Å². The summed E-state index contributed by atoms with van der Waals surface area (Å²) in [5, 5.41) is 3.22. The smallest absolute Gasteiger partial charge is 0.127 e. The van der Waals surface area contributed by atoms with Gasteiger partial charge in [0.15, 0.2) is 0 Å². The summed E-state index contributed by atoms with van der Waals surface area (Å²) in [6, 6.07) is 10.4. The minimum Gasteiger partial charge on any atom is -0.493 e. The average molecular weight is 337 g/mol. The Bertz CT molecular complexity index is 566. The highest BCUT2D eigenvalue weighted by atomic mass is 79.9. The maximum Gasteiger partial charge on any atom is 0.127 e. The van der Waals surface area contributed by atoms with E-state index in [1.165, 1.54) is 5.56 Å². The highest BCUT2D eigenvalue weighted by Gasteiger charge is 2.08. The molecule has 3 heteroatoms. The highest BCUT2D eigenvalue weighted by molar-refractivity contribution is 9.09. The molecule has 0 fully saturated rings. The molecule has 0 atom stereocenters. The molecule has 0 N–H and O–H groups in total. The minimum absolute atomic E-state index is 0.726. The third-order valence-corrected chi connectivity index (χ3v) is 3.65. The van der Waals surface area contributed by atoms with E-state index < -0.39 is 0 Å². The van der Waals surface area contributed by atoms with Gasteiger partial charge < -0.3 is 9.47 Å². The van der Waals surface area contributed by atoms with Crippen molar-refractivity contribution in [2.75, 3.05) is 18.5 Å². The number of hydrogen-bond acceptors (Lipinski definition) is 2. The van der Waals surface area contributed by atoms with Crippen LogP contribution in [-0.2, 0) is 0 Å². The van der Waals surface area contributed by atoms with Crippen LogP contribution in [0.25, 0.3) is 10.8 Å². The average Bonchev–Trinajstić information content (AvgIpc) is 2.46. The zero-order valence-corrected chi connectivity index (χ0v) is 13.7. The molecular formula is C17H21BrO2. The SMILES string of the molecule is CCCOc1ccc(OCCCBr)c2cc(C)ccc12. The Labute approximate surface area is 129 Å². The largest absolute Gasteiger partial charge is 0.493 e. The molecule has 0 spiro atoms. The Balaban J connectivity index is 2.36. The fourth-order valence-corrected chi connectivity index (χ4v) is 2.34. The molecule has 0 saturated heterocycles. The van der Waals surface area contributed by atoms with Gasteiger partial charge in [-0.05, 0) is 38.0 Å². The van der Waals surface area contributed by atoms with Crippen molar-refractivity contribution in [1.82, 2.24) is 0 Å². The fraction of sp³-hybridized carbons (Fsp3) is 0.412. The molecule has 0 aliphatic carbocycles. The minimum atomic E-state index is 0.726. The van der Waals surface area contributed by atoms with Crippen molar-refractivity contribution in [3.63, 3.8) is 0 Å². The summed E-state index contributed by atoms with van der Waals surface area (Å²) in [4.78, 5) is 0. The van der Waals surface area contributed by atoms with Gasteiger partial charge in [0.05, 0.1) is 13.2 Å². The van der Waals surface area contributed by atoms with Gasteiger partial charge in [-0.2, -0.15) is 0 Å². The molecule has 0 heterocycles. The molecule has 0 aliphatic heterocycles. The Morgan fingerprint density at radius 2 is 1.65 bits per heavy atom. The van der Waals surface area contributed by atoms with E-state index in [1.54, 1.807) is 0 Å². The van der Waals surface area contributed by atoms with Gasteiger partial charge >= 0.3 is 0 Å². The number of hydrogen-bond donors (Lipinski definition) is 0. The quantitative estimate of drug-likeness (QED) is 0.517. The van der Waals surface area contributed by atoms with Gasteiger partial charge in [-0.1, -0.05) is 40.5 Å². The zero-order chi connectivity index (χ0) is 14.4. The molecule has 0 amide bonds. The fourth-order valence-electron chi connectivity index (χ4n) is 2.11. The van der Waals surface area contributed by atoms with Crippen LogP contribution in [0, 0.1) is 6.92 Å². The summed E-state index contributed by atoms with van der Waals surface area (Å²) < 4.78 is 11.7. The van der Waals surface area contributed by atoms with Crippen molar-refractivity contribution < 1.29 is 9.47 Å². The Hall–Kier alpha value is -1.22. The Morgan fingerprint density at radius 3 is 2.35 bits per heavy atom. The summed E-state index contributed by atoms with van der Waals surface area (Å²) in [5.74, 6) is 1.88. The first-order valence-corrected chi connectivity index (χ1v) is 8.23. The van der Waals surface area contributed by atoms with Gasteiger partial charge in [0.2, 0.25) is 0 Å². The molecule has 2 nitrogen and oxygen atoms in total. The number of alkyl halides is 1. The van der Waals surface area contributed by atoms with Crippen molar-refractivity contribution in [3.05, 3.63) is 35.9 Å². The van der Waals surface area contributed by atoms with E-state index in [-0.39, 0.29) is 0 Å². The number of fused-ring (bicyclic) bond motifs is 1. The van der Waals surface area contributed by atoms with Gasteiger partial charge in [-0.15, -0.1) is 0 Å². The predicted molar refractivity (Wildman–Crippen MR) is 88.4 cm³/mol. The van der Waals surface area contributed by atoms with E-state index in [9.17, 15) is 0 Å². The molecule has 0 aliphatic rings. The van der Waals surface area contributed by atoms with Crippen LogP contribution in [0.15, 0.2) is 30.3 Å². The number of rotatable bonds is 7. The number of aryl methyl sites for hydroxylation is 1. The third-order valence-electron chi connectivity index (χ3n) is 3.09. The van der Waals surface area contributed by atoms with Crippen LogP contribution in [0.1, 0.15) is 25.3 Å². The molecule has 0 aromatic heterocycles. The second kappa shape index (κ2) is 7.53. The second-order valence-corrected chi connectivity index (χ2v) is 5.64. The maximum atomic E-state index is 5.89. The van der Waals surface area contributed by atoms with Crippen LogP contribution in [0.2, 0.25) is 0 Å². The van der Waals surface area contributed by atoms with E-state index in [0.29, 0.717) is 0 Å². The van der Waals surface area contributed by atoms with Gasteiger partial charge in [0, 0.05) is 16.1 Å². The zero-order valence-electron chi connectivity index (χ0n) is 12.1. The third kappa shape index (κ3) is 3.66. The summed E-state index contributed by atoms with van der Waals surface area (Å²) >= 11 is 3.42. The van der Waals surface area contributed by atoms with Crippen LogP contribution >= 0.6 is 15.9 Å². The lowest BCUT2D eigenvalue weighted by atomic mass is 10.1. The summed E-state index contributed by atoms with van der Waals surface area (Å²) in [6.45, 7) is 5.68. The normalized spacial score (nSPS) is 10.8. The number of halogens is 1. The molecule has 2 aromatic rings. The molecule has 2 rings (SSSR count). The van der Waals surface area contributed by atoms with Gasteiger partial charge in [0.1, 0.15) is 11.5 Å². The van der Waals surface area contributed by atoms with Crippen molar-refractivity contribution in [1.29, 1.82) is 0 Å². The lowest BCUT2D eigenvalue weighted by Gasteiger charge is -2.13. The molecule has 0 radical (unpaired) electrons. The standard InChI is InChI=1S/C17H21BrO2/c1-3-10-19-16-7-8-17(20-11-4-9-18)15-12-13(2)5-6-14(15)16/h5-8,12H,3-4,9-11H2,1-2H3. The molecule has 0 bridgehead atoms. The number of ether oxygens (including phenoxy) is 2. The predicted octanol–water partition coefficient (Wildman–Crippen LogP) is 5.10. The van der Waals surface area contributed by atoms with E-state index in [2.05, 4.69) is 48.0 Å². The first-order valence-electron chi connectivity index (χ1n) is 7.11. The lowest BCUT2D eigenvalue weighted by Crippen LogP contribution is -2.00. The summed E-state index contributed by atoms with van der Waals surface area (Å²) in [7, 11) is 0. The Morgan fingerprint density at radius 1 is 0.950 bits per heavy atom. The van der Waals surface area contributed by atoms with Crippen molar-refractivity contribution in [3.8, 4) is 11.5 Å². The Kier molecular flexibility index (Phi) is 5.72. The van der Waals surface area contributed by atoms with Crippen LogP contribution < -0.4 is 9.47 Å². The van der Waals surface area contributed by atoms with Crippen LogP contribution in [0.3, 0.4) is 0 Å². The first-order chi connectivity index (χ1) is 9.76. The van der Waals surface area contributed by atoms with Gasteiger partial charge in [-0.25, -0.2) is 0 Å². The molecule has 0 saturated carbocycles. The highest BCUT2D eigenvalue weighted by Crippen LogP contribution is 2.34. The summed E-state index contributed by atoms with van der Waals surface area (Å²) in [5.41, 5.74) is 1.23. The topological polar surface area (TPSA) is 18.5 Å². The maximum absolute atomic E-state index is 5.89. The monoisotopic (exact) mass is 336 g/mol. The van der Waals surface area contributed by atoms with E-state index in [4.69, 9.17) is 9.47 Å². The molecule has 2 aromatic carbocycles. The van der Waals surface area contributed by atoms with Crippen LogP contribution in [0.5, 0.6) is 11.5 Å². The van der Waals surface area contributed by atoms with Crippen molar-refractivity contribution in [2.45, 2.75) is 26.7 Å². The van der Waals surface area contributed by atoms with Gasteiger partial charge in [0.25, 0.3) is 0 Å². The molecular weight excluding hydrogens is 316 g/mol. The lowest BCUT2D eigenvalue weighted by molar-refractivity contribution is 0.315.